The number of carbonyl (C=O) groups is 1. The monoisotopic (exact) mass is 368 g/mol. The molecule has 26 heavy (non-hydrogen) atoms. The largest absolute Gasteiger partial charge is 0.407 e. The van der Waals surface area contributed by atoms with Crippen molar-refractivity contribution in [2.24, 2.45) is 5.92 Å². The van der Waals surface area contributed by atoms with Crippen molar-refractivity contribution in [3.8, 4) is 0 Å². The summed E-state index contributed by atoms with van der Waals surface area (Å²) < 4.78 is 6.85. The number of hydrogen-bond acceptors (Lipinski definition) is 2. The summed E-state index contributed by atoms with van der Waals surface area (Å²) >= 11 is 0. The lowest BCUT2D eigenvalue weighted by Gasteiger charge is -2.43. The zero-order chi connectivity index (χ0) is 19.0. The van der Waals surface area contributed by atoms with Crippen LogP contribution in [0.2, 0.25) is 5.04 Å². The highest BCUT2D eigenvalue weighted by atomic mass is 28.4. The molecule has 0 aliphatic carbocycles. The van der Waals surface area contributed by atoms with E-state index in [1.165, 1.54) is 10.4 Å². The first-order valence-electron chi connectivity index (χ1n) is 9.60. The van der Waals surface area contributed by atoms with Crippen LogP contribution in [0.3, 0.4) is 0 Å². The number of aldehydes is 1. The fourth-order valence-corrected chi connectivity index (χ4v) is 8.31. The van der Waals surface area contributed by atoms with Gasteiger partial charge in [0.15, 0.2) is 0 Å². The van der Waals surface area contributed by atoms with Gasteiger partial charge in [-0.3, -0.25) is 0 Å². The number of benzene rings is 2. The molecule has 3 heteroatoms. The highest BCUT2D eigenvalue weighted by Crippen LogP contribution is 2.36. The zero-order valence-electron chi connectivity index (χ0n) is 16.6. The molecule has 2 rings (SSSR count). The summed E-state index contributed by atoms with van der Waals surface area (Å²) in [6, 6.07) is 21.5. The van der Waals surface area contributed by atoms with E-state index in [0.29, 0.717) is 12.3 Å². The average Bonchev–Trinajstić information content (AvgIpc) is 2.62. The van der Waals surface area contributed by atoms with Gasteiger partial charge in [0.25, 0.3) is 8.32 Å². The zero-order valence-corrected chi connectivity index (χ0v) is 17.6. The lowest BCUT2D eigenvalue weighted by Crippen LogP contribution is -2.66. The number of carbonyl (C=O) groups excluding carboxylic acids is 1. The fraction of sp³-hybridized carbons (Fsp3) is 0.435. The predicted molar refractivity (Wildman–Crippen MR) is 113 cm³/mol. The summed E-state index contributed by atoms with van der Waals surface area (Å²) in [5.74, 6) is 0.426. The van der Waals surface area contributed by atoms with E-state index in [2.05, 4.69) is 88.4 Å². The van der Waals surface area contributed by atoms with Crippen LogP contribution >= 0.6 is 0 Å². The second-order valence-corrected chi connectivity index (χ2v) is 12.5. The molecule has 0 bridgehead atoms. The standard InChI is InChI=1S/C23H32O2Si/c1-20(17-18-24)12-11-19-25-26(23(2,3)4,21-13-7-5-8-14-21)22-15-9-6-10-16-22/h5-10,13-16,18,20H,11-12,17,19H2,1-4H3/t20-/m0/s1. The molecule has 0 fully saturated rings. The molecule has 140 valence electrons. The Morgan fingerprint density at radius 1 is 0.962 bits per heavy atom. The lowest BCUT2D eigenvalue weighted by molar-refractivity contribution is -0.108. The molecule has 0 radical (unpaired) electrons. The Morgan fingerprint density at radius 2 is 1.46 bits per heavy atom. The maximum absolute atomic E-state index is 10.7. The molecule has 2 aromatic carbocycles. The van der Waals surface area contributed by atoms with Gasteiger partial charge >= 0.3 is 0 Å². The van der Waals surface area contributed by atoms with E-state index < -0.39 is 8.32 Å². The van der Waals surface area contributed by atoms with Crippen molar-refractivity contribution in [3.05, 3.63) is 60.7 Å². The summed E-state index contributed by atoms with van der Waals surface area (Å²) in [7, 11) is -2.41. The Hall–Kier alpha value is -1.71. The SMILES string of the molecule is C[C@H](CC=O)CCCO[Si](c1ccccc1)(c1ccccc1)C(C)(C)C. The van der Waals surface area contributed by atoms with E-state index in [9.17, 15) is 4.79 Å². The van der Waals surface area contributed by atoms with Gasteiger partial charge in [0.05, 0.1) is 0 Å². The Labute approximate surface area is 159 Å². The summed E-state index contributed by atoms with van der Waals surface area (Å²) in [4.78, 5) is 10.7. The van der Waals surface area contributed by atoms with Crippen LogP contribution in [0.1, 0.15) is 47.0 Å². The fourth-order valence-electron chi connectivity index (χ4n) is 3.70. The van der Waals surface area contributed by atoms with Crippen molar-refractivity contribution in [1.29, 1.82) is 0 Å². The molecule has 0 unspecified atom stereocenters. The van der Waals surface area contributed by atoms with Gasteiger partial charge < -0.3 is 9.22 Å². The molecule has 0 aromatic heterocycles. The maximum Gasteiger partial charge on any atom is 0.261 e. The third-order valence-corrected chi connectivity index (χ3v) is 10.1. The number of hydrogen-bond donors (Lipinski definition) is 0. The highest BCUT2D eigenvalue weighted by molar-refractivity contribution is 6.99. The summed E-state index contributed by atoms with van der Waals surface area (Å²) in [6.07, 6.45) is 3.67. The molecule has 0 saturated heterocycles. The Kier molecular flexibility index (Phi) is 7.36. The van der Waals surface area contributed by atoms with Crippen molar-refractivity contribution in [1.82, 2.24) is 0 Å². The molecule has 0 saturated carbocycles. The highest BCUT2D eigenvalue weighted by Gasteiger charge is 2.49. The van der Waals surface area contributed by atoms with Gasteiger partial charge in [-0.05, 0) is 34.2 Å². The minimum atomic E-state index is -2.41. The minimum absolute atomic E-state index is 0.0180. The van der Waals surface area contributed by atoms with Crippen LogP contribution in [-0.4, -0.2) is 21.2 Å². The molecule has 0 aliphatic heterocycles. The van der Waals surface area contributed by atoms with Crippen molar-refractivity contribution in [2.75, 3.05) is 6.61 Å². The van der Waals surface area contributed by atoms with Gasteiger partial charge in [0.2, 0.25) is 0 Å². The molecule has 2 nitrogen and oxygen atoms in total. The molecule has 0 heterocycles. The predicted octanol–water partition coefficient (Wildman–Crippen LogP) is 4.57. The normalized spacial score (nSPS) is 13.4. The topological polar surface area (TPSA) is 26.3 Å². The summed E-state index contributed by atoms with van der Waals surface area (Å²) in [6.45, 7) is 9.77. The van der Waals surface area contributed by atoms with Gasteiger partial charge in [-0.1, -0.05) is 88.4 Å². The van der Waals surface area contributed by atoms with E-state index in [1.54, 1.807) is 0 Å². The second-order valence-electron chi connectivity index (χ2n) is 8.16. The molecule has 0 N–H and O–H groups in total. The minimum Gasteiger partial charge on any atom is -0.407 e. The Bertz CT molecular complexity index is 622. The van der Waals surface area contributed by atoms with E-state index >= 15 is 0 Å². The van der Waals surface area contributed by atoms with E-state index in [-0.39, 0.29) is 5.04 Å². The molecular weight excluding hydrogens is 336 g/mol. The van der Waals surface area contributed by atoms with Crippen molar-refractivity contribution < 1.29 is 9.22 Å². The average molecular weight is 369 g/mol. The maximum atomic E-state index is 10.7. The smallest absolute Gasteiger partial charge is 0.261 e. The van der Waals surface area contributed by atoms with Crippen LogP contribution in [0.4, 0.5) is 0 Å². The van der Waals surface area contributed by atoms with Crippen molar-refractivity contribution in [3.63, 3.8) is 0 Å². The van der Waals surface area contributed by atoms with E-state index in [0.717, 1.165) is 25.7 Å². The van der Waals surface area contributed by atoms with Gasteiger partial charge in [0.1, 0.15) is 6.29 Å². The van der Waals surface area contributed by atoms with Crippen molar-refractivity contribution in [2.45, 2.75) is 52.0 Å². The van der Waals surface area contributed by atoms with Crippen LogP contribution in [0.15, 0.2) is 60.7 Å². The Morgan fingerprint density at radius 3 is 1.88 bits per heavy atom. The third-order valence-electron chi connectivity index (χ3n) is 5.08. The third kappa shape index (κ3) is 4.71. The molecule has 0 amide bonds. The summed E-state index contributed by atoms with van der Waals surface area (Å²) in [5, 5.41) is 2.66. The Balaban J connectivity index is 2.33. The number of rotatable bonds is 9. The first kappa shape index (κ1) is 20.6. The molecule has 1 atom stereocenters. The first-order valence-corrected chi connectivity index (χ1v) is 11.5. The molecule has 2 aromatic rings. The van der Waals surface area contributed by atoms with Crippen molar-refractivity contribution >= 4 is 25.0 Å². The van der Waals surface area contributed by atoms with Gasteiger partial charge in [-0.15, -0.1) is 0 Å². The van der Waals surface area contributed by atoms with Gasteiger partial charge in [-0.25, -0.2) is 0 Å². The van der Waals surface area contributed by atoms with E-state index in [1.807, 2.05) is 0 Å². The van der Waals surface area contributed by atoms with Gasteiger partial charge in [0, 0.05) is 13.0 Å². The van der Waals surface area contributed by atoms with Crippen LogP contribution in [-0.2, 0) is 9.22 Å². The first-order chi connectivity index (χ1) is 12.4. The van der Waals surface area contributed by atoms with Crippen LogP contribution in [0.5, 0.6) is 0 Å². The lowest BCUT2D eigenvalue weighted by atomic mass is 10.0. The molecule has 0 spiro atoms. The van der Waals surface area contributed by atoms with E-state index in [4.69, 9.17) is 4.43 Å². The molecular formula is C23H32O2Si. The quantitative estimate of drug-likeness (QED) is 0.368. The van der Waals surface area contributed by atoms with Gasteiger partial charge in [-0.2, -0.15) is 0 Å². The van der Waals surface area contributed by atoms with Crippen LogP contribution in [0.25, 0.3) is 0 Å². The molecule has 0 aliphatic rings. The second kappa shape index (κ2) is 9.29. The summed E-state index contributed by atoms with van der Waals surface area (Å²) in [5.41, 5.74) is 0. The van der Waals surface area contributed by atoms with Crippen LogP contribution in [0, 0.1) is 5.92 Å². The van der Waals surface area contributed by atoms with Crippen LogP contribution < -0.4 is 10.4 Å².